The van der Waals surface area contributed by atoms with E-state index in [4.69, 9.17) is 4.99 Å². The molecule has 12 heteroatoms. The molecule has 1 unspecified atom stereocenters. The summed E-state index contributed by atoms with van der Waals surface area (Å²) in [5.41, 5.74) is 8.84. The van der Waals surface area contributed by atoms with Crippen molar-refractivity contribution in [2.24, 2.45) is 4.99 Å². The average molecular weight is 712 g/mol. The van der Waals surface area contributed by atoms with Crippen LogP contribution in [0.2, 0.25) is 0 Å². The van der Waals surface area contributed by atoms with Crippen LogP contribution in [0.15, 0.2) is 96.2 Å². The van der Waals surface area contributed by atoms with E-state index in [2.05, 4.69) is 37.8 Å². The van der Waals surface area contributed by atoms with Crippen LogP contribution in [-0.2, 0) is 22.7 Å². The highest BCUT2D eigenvalue weighted by Crippen LogP contribution is 2.33. The van der Waals surface area contributed by atoms with E-state index in [-0.39, 0.29) is 5.91 Å². The van der Waals surface area contributed by atoms with Gasteiger partial charge in [-0.2, -0.15) is 4.98 Å². The van der Waals surface area contributed by atoms with Gasteiger partial charge in [0.1, 0.15) is 11.9 Å². The van der Waals surface area contributed by atoms with Crippen molar-refractivity contribution in [1.82, 2.24) is 15.0 Å². The van der Waals surface area contributed by atoms with E-state index in [0.29, 0.717) is 54.5 Å². The van der Waals surface area contributed by atoms with Gasteiger partial charge in [-0.25, -0.2) is 4.98 Å². The molecule has 53 heavy (non-hydrogen) atoms. The van der Waals surface area contributed by atoms with Crippen molar-refractivity contribution in [1.29, 1.82) is 0 Å². The molecule has 2 amide bonds. The molecule has 0 radical (unpaired) electrons. The van der Waals surface area contributed by atoms with E-state index >= 15 is 0 Å². The molecule has 1 aliphatic rings. The molecule has 0 saturated heterocycles. The van der Waals surface area contributed by atoms with E-state index in [1.165, 1.54) is 4.90 Å². The standard InChI is InChI=1S/C41H45N9O3/c1-6-10-35-40(53)50(24-29-11-8-7-9-12-29)37-19-30(15-18-34(37)28(4)45-35)39(52)46-32-16-13-26(2)36(20-32)43-21-31-22-44-41(48-38(31)49(5)25-51)47-33-17-14-27(3)42-23-33/h7-9,11-20,22-23,25,35,39,43,46,52H,6,10,21,24H2,1-5H3,(H,44,47,48)/t35-,39?/m0/s1. The van der Waals surface area contributed by atoms with Crippen molar-refractivity contribution < 1.29 is 14.7 Å². The maximum Gasteiger partial charge on any atom is 0.252 e. The van der Waals surface area contributed by atoms with E-state index < -0.39 is 12.3 Å². The van der Waals surface area contributed by atoms with Gasteiger partial charge >= 0.3 is 0 Å². The Hall–Kier alpha value is -6.14. The maximum atomic E-state index is 13.9. The van der Waals surface area contributed by atoms with Crippen molar-refractivity contribution in [2.75, 3.05) is 32.8 Å². The second-order valence-corrected chi connectivity index (χ2v) is 13.2. The molecular formula is C41H45N9O3. The summed E-state index contributed by atoms with van der Waals surface area (Å²) in [6.45, 7) is 8.63. The number of benzene rings is 3. The Morgan fingerprint density at radius 1 is 0.962 bits per heavy atom. The Bertz CT molecular complexity index is 2100. The molecular weight excluding hydrogens is 667 g/mol. The first-order valence-corrected chi connectivity index (χ1v) is 17.7. The van der Waals surface area contributed by atoms with Crippen LogP contribution in [0.3, 0.4) is 0 Å². The molecule has 2 aromatic heterocycles. The van der Waals surface area contributed by atoms with Crippen LogP contribution < -0.4 is 25.8 Å². The second-order valence-electron chi connectivity index (χ2n) is 13.2. The lowest BCUT2D eigenvalue weighted by atomic mass is 10.0. The first-order valence-electron chi connectivity index (χ1n) is 17.7. The number of nitrogens with zero attached hydrogens (tertiary/aromatic N) is 6. The largest absolute Gasteiger partial charge is 0.380 e. The zero-order valence-electron chi connectivity index (χ0n) is 30.7. The molecule has 4 N–H and O–H groups in total. The van der Waals surface area contributed by atoms with Gasteiger partial charge in [-0.3, -0.25) is 19.6 Å². The third-order valence-electron chi connectivity index (χ3n) is 9.18. The van der Waals surface area contributed by atoms with Crippen LogP contribution in [0.1, 0.15) is 66.4 Å². The molecule has 6 rings (SSSR count). The first-order chi connectivity index (χ1) is 25.6. The number of anilines is 6. The monoisotopic (exact) mass is 711 g/mol. The topological polar surface area (TPSA) is 148 Å². The number of carbonyl (C=O) groups excluding carboxylic acids is 2. The number of fused-ring (bicyclic) bond motifs is 1. The number of aliphatic hydroxyl groups is 1. The quantitative estimate of drug-likeness (QED) is 0.0702. The number of amides is 2. The molecule has 0 spiro atoms. The van der Waals surface area contributed by atoms with Gasteiger partial charge < -0.3 is 30.9 Å². The average Bonchev–Trinajstić information content (AvgIpc) is 3.26. The number of hydrogen-bond acceptors (Lipinski definition) is 10. The number of hydrogen-bond donors (Lipinski definition) is 4. The number of carbonyl (C=O) groups is 2. The molecule has 0 bridgehead atoms. The van der Waals surface area contributed by atoms with Crippen molar-refractivity contribution in [3.8, 4) is 0 Å². The number of aliphatic imine (C=N–C) groups is 1. The first kappa shape index (κ1) is 36.6. The fourth-order valence-electron chi connectivity index (χ4n) is 6.24. The van der Waals surface area contributed by atoms with Crippen molar-refractivity contribution in [3.63, 3.8) is 0 Å². The van der Waals surface area contributed by atoms with Crippen molar-refractivity contribution in [3.05, 3.63) is 125 Å². The minimum absolute atomic E-state index is 0.0509. The lowest BCUT2D eigenvalue weighted by Gasteiger charge is -2.27. The summed E-state index contributed by atoms with van der Waals surface area (Å²) in [5.74, 6) is 0.745. The normalized spacial score (nSPS) is 14.5. The highest BCUT2D eigenvalue weighted by Gasteiger charge is 2.31. The minimum Gasteiger partial charge on any atom is -0.380 e. The summed E-state index contributed by atoms with van der Waals surface area (Å²) in [6.07, 6.45) is 4.52. The van der Waals surface area contributed by atoms with Crippen molar-refractivity contribution in [2.45, 2.75) is 65.9 Å². The fourth-order valence-corrected chi connectivity index (χ4v) is 6.24. The number of aromatic nitrogens is 3. The molecule has 12 nitrogen and oxygen atoms in total. The molecule has 5 aromatic rings. The number of aliphatic hydroxyl groups excluding tert-OH is 1. The molecule has 3 heterocycles. The van der Waals surface area contributed by atoms with Crippen LogP contribution in [0.25, 0.3) is 0 Å². The Balaban J connectivity index is 1.21. The highest BCUT2D eigenvalue weighted by molar-refractivity contribution is 6.12. The predicted molar refractivity (Wildman–Crippen MR) is 211 cm³/mol. The molecule has 2 atom stereocenters. The van der Waals surface area contributed by atoms with E-state index in [0.717, 1.165) is 51.6 Å². The summed E-state index contributed by atoms with van der Waals surface area (Å²) < 4.78 is 0. The van der Waals surface area contributed by atoms with Gasteiger partial charge in [-0.05, 0) is 68.7 Å². The number of benzodiazepines with no additional fused rings is 1. The van der Waals surface area contributed by atoms with Crippen LogP contribution in [0.4, 0.5) is 34.5 Å². The Labute approximate surface area is 310 Å². The smallest absolute Gasteiger partial charge is 0.252 e. The summed E-state index contributed by atoms with van der Waals surface area (Å²) in [5, 5.41) is 21.3. The van der Waals surface area contributed by atoms with Gasteiger partial charge in [0, 0.05) is 59.3 Å². The van der Waals surface area contributed by atoms with Gasteiger partial charge in [0.2, 0.25) is 12.4 Å². The predicted octanol–water partition coefficient (Wildman–Crippen LogP) is 7.06. The zero-order chi connectivity index (χ0) is 37.5. The summed E-state index contributed by atoms with van der Waals surface area (Å²) in [4.78, 5) is 47.1. The fraction of sp³-hybridized carbons (Fsp3) is 0.268. The highest BCUT2D eigenvalue weighted by atomic mass is 16.3. The summed E-state index contributed by atoms with van der Waals surface area (Å²) in [7, 11) is 1.64. The van der Waals surface area contributed by atoms with Gasteiger partial charge in [-0.15, -0.1) is 0 Å². The van der Waals surface area contributed by atoms with Crippen molar-refractivity contribution >= 4 is 52.5 Å². The molecule has 0 aliphatic carbocycles. The number of rotatable bonds is 14. The molecule has 0 fully saturated rings. The molecule has 272 valence electrons. The van der Waals surface area contributed by atoms with Crippen LogP contribution in [0, 0.1) is 13.8 Å². The summed E-state index contributed by atoms with van der Waals surface area (Å²) in [6, 6.07) is 24.7. The van der Waals surface area contributed by atoms with Gasteiger partial charge in [0.05, 0.1) is 24.1 Å². The molecule has 0 saturated carbocycles. The lowest BCUT2D eigenvalue weighted by molar-refractivity contribution is -0.120. The van der Waals surface area contributed by atoms with E-state index in [9.17, 15) is 14.7 Å². The Morgan fingerprint density at radius 3 is 2.49 bits per heavy atom. The Morgan fingerprint density at radius 2 is 1.75 bits per heavy atom. The van der Waals surface area contributed by atoms with Gasteiger partial charge in [0.25, 0.3) is 5.91 Å². The van der Waals surface area contributed by atoms with Gasteiger partial charge in [-0.1, -0.05) is 61.9 Å². The lowest BCUT2D eigenvalue weighted by Crippen LogP contribution is -2.37. The second kappa shape index (κ2) is 16.5. The zero-order valence-corrected chi connectivity index (χ0v) is 30.7. The Kier molecular flexibility index (Phi) is 11.4. The van der Waals surface area contributed by atoms with E-state index in [1.54, 1.807) is 24.3 Å². The molecule has 3 aromatic carbocycles. The van der Waals surface area contributed by atoms with Gasteiger partial charge in [0.15, 0.2) is 6.23 Å². The number of aryl methyl sites for hydroxylation is 2. The van der Waals surface area contributed by atoms with Crippen LogP contribution in [0.5, 0.6) is 0 Å². The molecule has 1 aliphatic heterocycles. The summed E-state index contributed by atoms with van der Waals surface area (Å²) >= 11 is 0. The number of nitrogens with one attached hydrogen (secondary N) is 3. The maximum absolute atomic E-state index is 13.9. The SMILES string of the molecule is CCC[C@@H]1N=C(C)c2ccc(C(O)Nc3ccc(C)c(NCc4cnc(Nc5ccc(C)nc5)nc4N(C)C=O)c3)cc2N(Cc2ccccc2)C1=O. The number of pyridine rings is 1. The third-order valence-corrected chi connectivity index (χ3v) is 9.18. The van der Waals surface area contributed by atoms with E-state index in [1.807, 2.05) is 99.6 Å². The third kappa shape index (κ3) is 8.67. The van der Waals surface area contributed by atoms with Crippen LogP contribution >= 0.6 is 0 Å². The minimum atomic E-state index is -1.07. The van der Waals surface area contributed by atoms with Crippen LogP contribution in [-0.4, -0.2) is 51.2 Å².